The molecule has 4 nitrogen and oxygen atoms in total. The molecule has 0 amide bonds. The summed E-state index contributed by atoms with van der Waals surface area (Å²) >= 11 is 0. The minimum absolute atomic E-state index is 0.326. The van der Waals surface area contributed by atoms with E-state index in [1.54, 1.807) is 0 Å². The van der Waals surface area contributed by atoms with Gasteiger partial charge in [-0.2, -0.15) is 0 Å². The van der Waals surface area contributed by atoms with Crippen LogP contribution in [0.15, 0.2) is 18.2 Å². The number of nitrogens with one attached hydrogen (secondary N) is 1. The van der Waals surface area contributed by atoms with E-state index in [4.69, 9.17) is 15.2 Å². The van der Waals surface area contributed by atoms with Gasteiger partial charge in [0.2, 0.25) is 6.79 Å². The van der Waals surface area contributed by atoms with Gasteiger partial charge in [0.15, 0.2) is 11.5 Å². The van der Waals surface area contributed by atoms with Gasteiger partial charge < -0.3 is 20.5 Å². The highest BCUT2D eigenvalue weighted by molar-refractivity contribution is 5.56. The van der Waals surface area contributed by atoms with Crippen molar-refractivity contribution >= 4 is 5.69 Å². The van der Waals surface area contributed by atoms with E-state index in [1.807, 2.05) is 18.2 Å². The van der Waals surface area contributed by atoms with Gasteiger partial charge in [-0.15, -0.1) is 0 Å². The summed E-state index contributed by atoms with van der Waals surface area (Å²) in [5, 5.41) is 3.53. The zero-order valence-electron chi connectivity index (χ0n) is 9.82. The molecule has 0 saturated heterocycles. The maximum absolute atomic E-state index is 5.98. The average molecular weight is 234 g/mol. The van der Waals surface area contributed by atoms with Gasteiger partial charge in [0.05, 0.1) is 0 Å². The smallest absolute Gasteiger partial charge is 0.231 e. The minimum atomic E-state index is 0.326. The van der Waals surface area contributed by atoms with Crippen molar-refractivity contribution in [2.75, 3.05) is 12.1 Å². The summed E-state index contributed by atoms with van der Waals surface area (Å²) in [6.07, 6.45) is 4.61. The van der Waals surface area contributed by atoms with Crippen LogP contribution in [-0.2, 0) is 0 Å². The maximum Gasteiger partial charge on any atom is 0.231 e. The summed E-state index contributed by atoms with van der Waals surface area (Å²) in [6.45, 7) is 0.326. The summed E-state index contributed by atoms with van der Waals surface area (Å²) in [5.41, 5.74) is 7.08. The molecule has 2 unspecified atom stereocenters. The van der Waals surface area contributed by atoms with Crippen LogP contribution in [-0.4, -0.2) is 18.9 Å². The van der Waals surface area contributed by atoms with Crippen molar-refractivity contribution in [1.29, 1.82) is 0 Å². The highest BCUT2D eigenvalue weighted by Gasteiger charge is 2.20. The number of fused-ring (bicyclic) bond motifs is 1. The van der Waals surface area contributed by atoms with Gasteiger partial charge in [-0.1, -0.05) is 0 Å². The predicted molar refractivity (Wildman–Crippen MR) is 66.4 cm³/mol. The van der Waals surface area contributed by atoms with Gasteiger partial charge in [-0.05, 0) is 37.8 Å². The lowest BCUT2D eigenvalue weighted by Gasteiger charge is -2.28. The molecular formula is C13H18N2O2. The van der Waals surface area contributed by atoms with Crippen LogP contribution in [0.1, 0.15) is 25.7 Å². The highest BCUT2D eigenvalue weighted by atomic mass is 16.7. The molecular weight excluding hydrogens is 216 g/mol. The topological polar surface area (TPSA) is 56.5 Å². The van der Waals surface area contributed by atoms with Crippen LogP contribution < -0.4 is 20.5 Å². The van der Waals surface area contributed by atoms with E-state index < -0.39 is 0 Å². The molecule has 1 aliphatic heterocycles. The molecule has 3 N–H and O–H groups in total. The Kier molecular flexibility index (Phi) is 2.81. The molecule has 1 heterocycles. The van der Waals surface area contributed by atoms with Crippen LogP contribution in [0, 0.1) is 0 Å². The van der Waals surface area contributed by atoms with Crippen molar-refractivity contribution < 1.29 is 9.47 Å². The molecule has 0 radical (unpaired) electrons. The second-order valence-corrected chi connectivity index (χ2v) is 4.84. The fourth-order valence-corrected chi connectivity index (χ4v) is 2.58. The lowest BCUT2D eigenvalue weighted by atomic mass is 9.91. The summed E-state index contributed by atoms with van der Waals surface area (Å²) in [6, 6.07) is 6.82. The molecule has 0 spiro atoms. The Labute approximate surface area is 101 Å². The van der Waals surface area contributed by atoms with Gasteiger partial charge in [-0.3, -0.25) is 0 Å². The fourth-order valence-electron chi connectivity index (χ4n) is 2.58. The minimum Gasteiger partial charge on any atom is -0.454 e. The second-order valence-electron chi connectivity index (χ2n) is 4.84. The molecule has 17 heavy (non-hydrogen) atoms. The van der Waals surface area contributed by atoms with Gasteiger partial charge in [0.25, 0.3) is 0 Å². The molecule has 3 rings (SSSR count). The van der Waals surface area contributed by atoms with Crippen LogP contribution >= 0.6 is 0 Å². The summed E-state index contributed by atoms with van der Waals surface area (Å²) in [5.74, 6) is 1.66. The lowest BCUT2D eigenvalue weighted by Crippen LogP contribution is -2.34. The largest absolute Gasteiger partial charge is 0.454 e. The molecule has 0 aromatic heterocycles. The number of benzene rings is 1. The van der Waals surface area contributed by atoms with Gasteiger partial charge >= 0.3 is 0 Å². The van der Waals surface area contributed by atoms with Gasteiger partial charge in [-0.25, -0.2) is 0 Å². The molecule has 1 aromatic carbocycles. The molecule has 4 heteroatoms. The third-order valence-electron chi connectivity index (χ3n) is 3.46. The third-order valence-corrected chi connectivity index (χ3v) is 3.46. The molecule has 2 atom stereocenters. The highest BCUT2D eigenvalue weighted by Crippen LogP contribution is 2.35. The molecule has 1 aliphatic carbocycles. The number of anilines is 1. The van der Waals surface area contributed by atoms with Crippen LogP contribution in [0.3, 0.4) is 0 Å². The molecule has 92 valence electrons. The quantitative estimate of drug-likeness (QED) is 0.822. The first-order valence-corrected chi connectivity index (χ1v) is 6.23. The predicted octanol–water partition coefficient (Wildman–Crippen LogP) is 2.10. The fraction of sp³-hybridized carbons (Fsp3) is 0.538. The van der Waals surface area contributed by atoms with Crippen LogP contribution in [0.4, 0.5) is 5.69 Å². The zero-order chi connectivity index (χ0) is 11.7. The van der Waals surface area contributed by atoms with Gasteiger partial charge in [0.1, 0.15) is 0 Å². The Bertz CT molecular complexity index is 408. The number of hydrogen-bond donors (Lipinski definition) is 2. The zero-order valence-corrected chi connectivity index (χ0v) is 9.82. The first-order valence-electron chi connectivity index (χ1n) is 6.23. The standard InChI is InChI=1S/C13H18N2O2/c14-9-2-1-3-10(6-9)15-11-4-5-12-13(7-11)17-8-16-12/h4-5,7,9-10,15H,1-3,6,8,14H2. The SMILES string of the molecule is NC1CCCC(Nc2ccc3c(c2)OCO3)C1. The second kappa shape index (κ2) is 4.45. The first kappa shape index (κ1) is 10.7. The van der Waals surface area contributed by atoms with Crippen molar-refractivity contribution in [3.8, 4) is 11.5 Å². The monoisotopic (exact) mass is 234 g/mol. The van der Waals surface area contributed by atoms with Crippen molar-refractivity contribution in [3.05, 3.63) is 18.2 Å². The summed E-state index contributed by atoms with van der Waals surface area (Å²) < 4.78 is 10.7. The maximum atomic E-state index is 5.98. The number of hydrogen-bond acceptors (Lipinski definition) is 4. The Morgan fingerprint density at radius 2 is 2.06 bits per heavy atom. The molecule has 2 aliphatic rings. The number of rotatable bonds is 2. The normalized spacial score (nSPS) is 26.9. The third kappa shape index (κ3) is 2.31. The van der Waals surface area contributed by atoms with Crippen molar-refractivity contribution in [2.45, 2.75) is 37.8 Å². The van der Waals surface area contributed by atoms with E-state index in [-0.39, 0.29) is 0 Å². The lowest BCUT2D eigenvalue weighted by molar-refractivity contribution is 0.174. The van der Waals surface area contributed by atoms with Crippen LogP contribution in [0.5, 0.6) is 11.5 Å². The molecule has 1 aromatic rings. The average Bonchev–Trinajstić information content (AvgIpc) is 2.76. The van der Waals surface area contributed by atoms with E-state index in [1.165, 1.54) is 12.8 Å². The van der Waals surface area contributed by atoms with Crippen molar-refractivity contribution in [3.63, 3.8) is 0 Å². The molecule has 0 bridgehead atoms. The van der Waals surface area contributed by atoms with E-state index in [0.29, 0.717) is 18.9 Å². The Hall–Kier alpha value is -1.42. The molecule has 1 fully saturated rings. The van der Waals surface area contributed by atoms with E-state index in [0.717, 1.165) is 30.0 Å². The summed E-state index contributed by atoms with van der Waals surface area (Å²) in [4.78, 5) is 0. The van der Waals surface area contributed by atoms with Crippen LogP contribution in [0.25, 0.3) is 0 Å². The van der Waals surface area contributed by atoms with E-state index in [2.05, 4.69) is 5.32 Å². The van der Waals surface area contributed by atoms with E-state index >= 15 is 0 Å². The van der Waals surface area contributed by atoms with E-state index in [9.17, 15) is 0 Å². The van der Waals surface area contributed by atoms with Crippen LogP contribution in [0.2, 0.25) is 0 Å². The first-order chi connectivity index (χ1) is 8.31. The Balaban J connectivity index is 1.68. The Morgan fingerprint density at radius 3 is 2.94 bits per heavy atom. The van der Waals surface area contributed by atoms with Crippen molar-refractivity contribution in [1.82, 2.24) is 0 Å². The molecule has 1 saturated carbocycles. The number of nitrogens with two attached hydrogens (primary N) is 1. The Morgan fingerprint density at radius 1 is 1.18 bits per heavy atom. The summed E-state index contributed by atoms with van der Waals surface area (Å²) in [7, 11) is 0. The van der Waals surface area contributed by atoms with Crippen molar-refractivity contribution in [2.24, 2.45) is 5.73 Å². The number of ether oxygens (including phenoxy) is 2. The van der Waals surface area contributed by atoms with Gasteiger partial charge in [0, 0.05) is 23.8 Å².